The van der Waals surface area contributed by atoms with Gasteiger partial charge in [0.2, 0.25) is 0 Å². The van der Waals surface area contributed by atoms with E-state index in [0.29, 0.717) is 0 Å². The maximum Gasteiger partial charge on any atom is 0.137 e. The van der Waals surface area contributed by atoms with Crippen LogP contribution in [0, 0.1) is 13.8 Å². The smallest absolute Gasteiger partial charge is 0.137 e. The summed E-state index contributed by atoms with van der Waals surface area (Å²) < 4.78 is 5.70. The first kappa shape index (κ1) is 8.36. The van der Waals surface area contributed by atoms with Gasteiger partial charge in [-0.15, -0.1) is 0 Å². The molecule has 0 N–H and O–H groups in total. The third-order valence-electron chi connectivity index (χ3n) is 2.35. The number of hydrogen-bond donors (Lipinski definition) is 0. The van der Waals surface area contributed by atoms with Crippen LogP contribution in [0.15, 0.2) is 22.6 Å². The number of rotatable bonds is 1. The van der Waals surface area contributed by atoms with E-state index in [1.54, 1.807) is 0 Å². The third-order valence-corrected chi connectivity index (χ3v) is 2.35. The monoisotopic (exact) mass is 174 g/mol. The van der Waals surface area contributed by atoms with E-state index < -0.39 is 0 Å². The van der Waals surface area contributed by atoms with E-state index in [1.807, 2.05) is 0 Å². The summed E-state index contributed by atoms with van der Waals surface area (Å²) in [5.74, 6) is 1.07. The highest BCUT2D eigenvalue weighted by molar-refractivity contribution is 5.81. The quantitative estimate of drug-likeness (QED) is 0.643. The lowest BCUT2D eigenvalue weighted by atomic mass is 10.1. The molecule has 0 spiro atoms. The van der Waals surface area contributed by atoms with Crippen molar-refractivity contribution >= 4 is 11.0 Å². The summed E-state index contributed by atoms with van der Waals surface area (Å²) in [5, 5.41) is 1.23. The Morgan fingerprint density at radius 2 is 1.92 bits per heavy atom. The van der Waals surface area contributed by atoms with Crippen molar-refractivity contribution in [1.82, 2.24) is 0 Å². The Balaban J connectivity index is 2.75. The predicted octanol–water partition coefficient (Wildman–Crippen LogP) is 3.61. The summed E-state index contributed by atoms with van der Waals surface area (Å²) in [7, 11) is 0. The van der Waals surface area contributed by atoms with E-state index >= 15 is 0 Å². The van der Waals surface area contributed by atoms with Gasteiger partial charge in [0.05, 0.1) is 0 Å². The van der Waals surface area contributed by atoms with E-state index in [0.717, 1.165) is 17.8 Å². The van der Waals surface area contributed by atoms with Crippen molar-refractivity contribution in [3.63, 3.8) is 0 Å². The molecule has 2 aromatic rings. The van der Waals surface area contributed by atoms with Crippen molar-refractivity contribution in [1.29, 1.82) is 0 Å². The molecule has 0 aliphatic carbocycles. The van der Waals surface area contributed by atoms with Crippen LogP contribution in [0.4, 0.5) is 0 Å². The molecule has 0 unspecified atom stereocenters. The molecule has 13 heavy (non-hydrogen) atoms. The first-order valence-electron chi connectivity index (χ1n) is 4.70. The molecule has 0 saturated carbocycles. The normalized spacial score (nSPS) is 11.0. The zero-order valence-electron chi connectivity index (χ0n) is 8.35. The first-order valence-corrected chi connectivity index (χ1v) is 4.70. The second kappa shape index (κ2) is 2.91. The lowest BCUT2D eigenvalue weighted by Gasteiger charge is -1.96. The number of benzene rings is 1. The maximum absolute atomic E-state index is 5.70. The highest BCUT2D eigenvalue weighted by Crippen LogP contribution is 2.24. The van der Waals surface area contributed by atoms with Gasteiger partial charge in [0.25, 0.3) is 0 Å². The molecule has 0 atom stereocenters. The summed E-state index contributed by atoms with van der Waals surface area (Å²) >= 11 is 0. The second-order valence-corrected chi connectivity index (χ2v) is 3.57. The lowest BCUT2D eigenvalue weighted by Crippen LogP contribution is -1.76. The van der Waals surface area contributed by atoms with Crippen LogP contribution in [0.25, 0.3) is 11.0 Å². The molecule has 0 bridgehead atoms. The summed E-state index contributed by atoms with van der Waals surface area (Å²) in [4.78, 5) is 0. The molecule has 0 saturated heterocycles. The molecule has 0 aliphatic heterocycles. The van der Waals surface area contributed by atoms with E-state index in [9.17, 15) is 0 Å². The Morgan fingerprint density at radius 1 is 1.15 bits per heavy atom. The van der Waals surface area contributed by atoms with Gasteiger partial charge in [-0.1, -0.05) is 18.6 Å². The third kappa shape index (κ3) is 1.35. The van der Waals surface area contributed by atoms with Crippen LogP contribution >= 0.6 is 0 Å². The average Bonchev–Trinajstić information content (AvgIpc) is 2.47. The Hall–Kier alpha value is -1.24. The SMILES string of the molecule is CCc1cc2cc(C)cc(C)c2o1. The number of furan rings is 1. The van der Waals surface area contributed by atoms with Gasteiger partial charge in [-0.2, -0.15) is 0 Å². The van der Waals surface area contributed by atoms with Gasteiger partial charge in [-0.3, -0.25) is 0 Å². The van der Waals surface area contributed by atoms with Crippen LogP contribution in [0.2, 0.25) is 0 Å². The maximum atomic E-state index is 5.70. The molecule has 0 radical (unpaired) electrons. The van der Waals surface area contributed by atoms with Crippen molar-refractivity contribution in [2.45, 2.75) is 27.2 Å². The Morgan fingerprint density at radius 3 is 2.62 bits per heavy atom. The van der Waals surface area contributed by atoms with Gasteiger partial charge in [0, 0.05) is 11.8 Å². The second-order valence-electron chi connectivity index (χ2n) is 3.57. The van der Waals surface area contributed by atoms with Gasteiger partial charge in [0.1, 0.15) is 11.3 Å². The summed E-state index contributed by atoms with van der Waals surface area (Å²) in [6.45, 7) is 6.32. The van der Waals surface area contributed by atoms with Crippen LogP contribution in [0.3, 0.4) is 0 Å². The molecule has 1 heterocycles. The van der Waals surface area contributed by atoms with E-state index in [1.165, 1.54) is 16.5 Å². The molecule has 1 aromatic carbocycles. The van der Waals surface area contributed by atoms with Gasteiger partial charge in [0.15, 0.2) is 0 Å². The fraction of sp³-hybridized carbons (Fsp3) is 0.333. The van der Waals surface area contributed by atoms with E-state index in [-0.39, 0.29) is 0 Å². The zero-order chi connectivity index (χ0) is 9.42. The standard InChI is InChI=1S/C12H14O/c1-4-11-7-10-6-8(2)5-9(3)12(10)13-11/h5-7H,4H2,1-3H3. The highest BCUT2D eigenvalue weighted by atomic mass is 16.3. The van der Waals surface area contributed by atoms with Crippen LogP contribution in [0.1, 0.15) is 23.8 Å². The number of fused-ring (bicyclic) bond motifs is 1. The minimum absolute atomic E-state index is 0.965. The van der Waals surface area contributed by atoms with Crippen molar-refractivity contribution in [2.24, 2.45) is 0 Å². The van der Waals surface area contributed by atoms with Crippen molar-refractivity contribution in [2.75, 3.05) is 0 Å². The molecule has 1 aromatic heterocycles. The van der Waals surface area contributed by atoms with E-state index in [4.69, 9.17) is 4.42 Å². The van der Waals surface area contributed by atoms with Gasteiger partial charge in [-0.05, 0) is 31.5 Å². The summed E-state index contributed by atoms with van der Waals surface area (Å²) in [5.41, 5.74) is 3.57. The molecule has 1 heteroatoms. The topological polar surface area (TPSA) is 13.1 Å². The molecule has 0 aliphatic rings. The lowest BCUT2D eigenvalue weighted by molar-refractivity contribution is 0.555. The van der Waals surface area contributed by atoms with Crippen molar-refractivity contribution in [3.8, 4) is 0 Å². The summed E-state index contributed by atoms with van der Waals surface area (Å²) in [6.07, 6.45) is 0.965. The van der Waals surface area contributed by atoms with E-state index in [2.05, 4.69) is 39.0 Å². The van der Waals surface area contributed by atoms with Gasteiger partial charge in [-0.25, -0.2) is 0 Å². The zero-order valence-corrected chi connectivity index (χ0v) is 8.35. The molecule has 0 fully saturated rings. The fourth-order valence-electron chi connectivity index (χ4n) is 1.74. The Labute approximate surface area is 78.4 Å². The van der Waals surface area contributed by atoms with Crippen LogP contribution in [-0.4, -0.2) is 0 Å². The molecule has 2 rings (SSSR count). The number of hydrogen-bond acceptors (Lipinski definition) is 1. The molecule has 0 amide bonds. The summed E-state index contributed by atoms with van der Waals surface area (Å²) in [6, 6.07) is 6.46. The van der Waals surface area contributed by atoms with Gasteiger partial charge < -0.3 is 4.42 Å². The highest BCUT2D eigenvalue weighted by Gasteiger charge is 2.04. The largest absolute Gasteiger partial charge is 0.461 e. The van der Waals surface area contributed by atoms with Crippen molar-refractivity contribution in [3.05, 3.63) is 35.1 Å². The average molecular weight is 174 g/mol. The Bertz CT molecular complexity index is 438. The van der Waals surface area contributed by atoms with Crippen molar-refractivity contribution < 1.29 is 4.42 Å². The Kier molecular flexibility index (Phi) is 1.87. The predicted molar refractivity (Wildman–Crippen MR) is 55.1 cm³/mol. The minimum Gasteiger partial charge on any atom is -0.461 e. The van der Waals surface area contributed by atoms with Gasteiger partial charge >= 0.3 is 0 Å². The fourth-order valence-corrected chi connectivity index (χ4v) is 1.74. The molecule has 68 valence electrons. The molecular weight excluding hydrogens is 160 g/mol. The van der Waals surface area contributed by atoms with Crippen LogP contribution < -0.4 is 0 Å². The molecule has 1 nitrogen and oxygen atoms in total. The minimum atomic E-state index is 0.965. The first-order chi connectivity index (χ1) is 6.20. The van der Waals surface area contributed by atoms with Crippen LogP contribution in [0.5, 0.6) is 0 Å². The number of aryl methyl sites for hydroxylation is 3. The molecular formula is C12H14O. The van der Waals surface area contributed by atoms with Crippen LogP contribution in [-0.2, 0) is 6.42 Å².